The number of benzene rings is 2. The topological polar surface area (TPSA) is 41.6 Å². The highest BCUT2D eigenvalue weighted by Gasteiger charge is 2.39. The zero-order valence-corrected chi connectivity index (χ0v) is 17.6. The molecule has 1 spiro atoms. The highest BCUT2D eigenvalue weighted by molar-refractivity contribution is 5.95. The van der Waals surface area contributed by atoms with Gasteiger partial charge in [0.25, 0.3) is 5.91 Å². The number of piperidine rings is 1. The van der Waals surface area contributed by atoms with Crippen LogP contribution in [0.15, 0.2) is 54.6 Å². The zero-order valence-electron chi connectivity index (χ0n) is 17.6. The van der Waals surface area contributed by atoms with Gasteiger partial charge in [-0.25, -0.2) is 0 Å². The van der Waals surface area contributed by atoms with Crippen LogP contribution in [-0.2, 0) is 0 Å². The molecule has 2 unspecified atom stereocenters. The number of hydrogen-bond donors (Lipinski definition) is 1. The summed E-state index contributed by atoms with van der Waals surface area (Å²) >= 11 is 0. The van der Waals surface area contributed by atoms with E-state index in [4.69, 9.17) is 4.74 Å². The van der Waals surface area contributed by atoms with Gasteiger partial charge in [-0.2, -0.15) is 0 Å². The Hall–Kier alpha value is -2.59. The Kier molecular flexibility index (Phi) is 6.67. The first-order valence-electron chi connectivity index (χ1n) is 10.7. The van der Waals surface area contributed by atoms with Gasteiger partial charge in [0.15, 0.2) is 0 Å². The fourth-order valence-corrected chi connectivity index (χ4v) is 4.54. The van der Waals surface area contributed by atoms with Gasteiger partial charge < -0.3 is 15.0 Å². The van der Waals surface area contributed by atoms with E-state index in [2.05, 4.69) is 48.6 Å². The first-order chi connectivity index (χ1) is 14.0. The van der Waals surface area contributed by atoms with E-state index in [0.717, 1.165) is 54.9 Å². The molecule has 0 aromatic heterocycles. The van der Waals surface area contributed by atoms with E-state index in [1.165, 1.54) is 5.57 Å². The van der Waals surface area contributed by atoms with Crippen molar-refractivity contribution in [1.82, 2.24) is 10.2 Å². The van der Waals surface area contributed by atoms with Crippen LogP contribution in [0.4, 0.5) is 0 Å². The molecule has 1 amide bonds. The van der Waals surface area contributed by atoms with Crippen LogP contribution in [0.1, 0.15) is 62.5 Å². The number of ether oxygens (including phenoxy) is 1. The molecule has 0 bridgehead atoms. The number of rotatable bonds is 4. The Labute approximate surface area is 180 Å². The number of carbonyl (C=O) groups excluding carboxylic acids is 1. The monoisotopic (exact) mass is 406 g/mol. The van der Waals surface area contributed by atoms with Crippen LogP contribution < -0.4 is 10.1 Å². The predicted octanol–water partition coefficient (Wildman–Crippen LogP) is 5.14. The Morgan fingerprint density at radius 2 is 1.83 bits per heavy atom. The molecular formula is C26H34N2O2. The third kappa shape index (κ3) is 4.15. The number of fused-ring (bicyclic) bond motifs is 1. The molecule has 4 rings (SSSR count). The lowest BCUT2D eigenvalue weighted by molar-refractivity contribution is 0.0667. The molecule has 30 heavy (non-hydrogen) atoms. The normalized spacial score (nSPS) is 22.4. The molecule has 4 nitrogen and oxygen atoms in total. The summed E-state index contributed by atoms with van der Waals surface area (Å²) in [6.07, 6.45) is 4.21. The molecule has 2 atom stereocenters. The van der Waals surface area contributed by atoms with Crippen molar-refractivity contribution in [3.8, 4) is 5.75 Å². The number of carbonyl (C=O) groups is 1. The maximum absolute atomic E-state index is 12.7. The first-order valence-corrected chi connectivity index (χ1v) is 10.7. The molecule has 1 saturated heterocycles. The number of amides is 1. The summed E-state index contributed by atoms with van der Waals surface area (Å²) in [6, 6.07) is 16.7. The van der Waals surface area contributed by atoms with Crippen LogP contribution in [0, 0.1) is 0 Å². The van der Waals surface area contributed by atoms with Crippen molar-refractivity contribution >= 4 is 11.5 Å². The van der Waals surface area contributed by atoms with Gasteiger partial charge in [-0.15, -0.1) is 0 Å². The summed E-state index contributed by atoms with van der Waals surface area (Å²) in [6.45, 7) is 8.64. The highest BCUT2D eigenvalue weighted by Crippen LogP contribution is 2.43. The third-order valence-corrected chi connectivity index (χ3v) is 6.08. The predicted molar refractivity (Wildman–Crippen MR) is 124 cm³/mol. The second-order valence-electron chi connectivity index (χ2n) is 8.09. The second-order valence-corrected chi connectivity index (χ2v) is 8.09. The molecule has 2 aliphatic heterocycles. The highest BCUT2D eigenvalue weighted by atomic mass is 16.5. The lowest BCUT2D eigenvalue weighted by atomic mass is 9.81. The van der Waals surface area contributed by atoms with Crippen LogP contribution in [0.25, 0.3) is 5.57 Å². The van der Waals surface area contributed by atoms with Gasteiger partial charge in [0.05, 0.1) is 0 Å². The lowest BCUT2D eigenvalue weighted by Crippen LogP contribution is -2.50. The fourth-order valence-electron chi connectivity index (χ4n) is 4.54. The van der Waals surface area contributed by atoms with Crippen LogP contribution >= 0.6 is 0 Å². The Balaban J connectivity index is 0.00000256. The van der Waals surface area contributed by atoms with Gasteiger partial charge in [-0.3, -0.25) is 4.79 Å². The van der Waals surface area contributed by atoms with Crippen molar-refractivity contribution in [3.05, 3.63) is 71.3 Å². The second kappa shape index (κ2) is 9.05. The van der Waals surface area contributed by atoms with Crippen molar-refractivity contribution in [3.63, 3.8) is 0 Å². The summed E-state index contributed by atoms with van der Waals surface area (Å²) in [4.78, 5) is 14.5. The van der Waals surface area contributed by atoms with E-state index < -0.39 is 0 Å². The number of hydrogen-bond acceptors (Lipinski definition) is 3. The zero-order chi connectivity index (χ0) is 20.4. The standard InChI is InChI=1S/C25H30N2O2.CH4/c1-4-27(5-2)24(28)20-12-10-19(11-13-20)22-17-25(14-15-26-18(3)16-25)29-23-9-7-6-8-21(22)23;/h6-13,17-18,26H,4-5,14-16H2,1-3H3;1H4. The van der Waals surface area contributed by atoms with Gasteiger partial charge >= 0.3 is 0 Å². The molecule has 2 heterocycles. The van der Waals surface area contributed by atoms with Gasteiger partial charge in [-0.1, -0.05) is 37.8 Å². The van der Waals surface area contributed by atoms with E-state index in [0.29, 0.717) is 6.04 Å². The van der Waals surface area contributed by atoms with Gasteiger partial charge in [0.2, 0.25) is 0 Å². The van der Waals surface area contributed by atoms with Crippen LogP contribution in [0.2, 0.25) is 0 Å². The summed E-state index contributed by atoms with van der Waals surface area (Å²) in [5.74, 6) is 1.04. The molecule has 0 aliphatic carbocycles. The maximum atomic E-state index is 12.7. The molecule has 2 aromatic rings. The molecule has 1 N–H and O–H groups in total. The van der Waals surface area contributed by atoms with Crippen molar-refractivity contribution in [1.29, 1.82) is 0 Å². The largest absolute Gasteiger partial charge is 0.482 e. The summed E-state index contributed by atoms with van der Waals surface area (Å²) in [5.41, 5.74) is 3.91. The molecule has 2 aliphatic rings. The van der Waals surface area contributed by atoms with E-state index >= 15 is 0 Å². The molecular weight excluding hydrogens is 372 g/mol. The van der Waals surface area contributed by atoms with Crippen LogP contribution in [0.3, 0.4) is 0 Å². The first kappa shape index (κ1) is 22.1. The average molecular weight is 407 g/mol. The van der Waals surface area contributed by atoms with Crippen LogP contribution in [0.5, 0.6) is 5.75 Å². The van der Waals surface area contributed by atoms with Gasteiger partial charge in [0.1, 0.15) is 11.4 Å². The minimum Gasteiger partial charge on any atom is -0.482 e. The molecule has 0 saturated carbocycles. The van der Waals surface area contributed by atoms with Crippen molar-refractivity contribution in [2.24, 2.45) is 0 Å². The minimum atomic E-state index is -0.274. The van der Waals surface area contributed by atoms with E-state index in [1.807, 2.05) is 36.9 Å². The molecule has 160 valence electrons. The quantitative estimate of drug-likeness (QED) is 0.764. The number of nitrogens with zero attached hydrogens (tertiary/aromatic N) is 1. The van der Waals surface area contributed by atoms with Crippen molar-refractivity contribution < 1.29 is 9.53 Å². The summed E-state index contributed by atoms with van der Waals surface area (Å²) < 4.78 is 6.53. The number of para-hydroxylation sites is 1. The SMILES string of the molecule is C.CCN(CC)C(=O)c1ccc(C2=CC3(CCNC(C)C3)Oc3ccccc32)cc1. The maximum Gasteiger partial charge on any atom is 0.253 e. The van der Waals surface area contributed by atoms with E-state index in [9.17, 15) is 4.79 Å². The number of nitrogens with one attached hydrogen (secondary N) is 1. The summed E-state index contributed by atoms with van der Waals surface area (Å²) in [7, 11) is 0. The molecule has 1 fully saturated rings. The summed E-state index contributed by atoms with van der Waals surface area (Å²) in [5, 5.41) is 3.52. The van der Waals surface area contributed by atoms with E-state index in [-0.39, 0.29) is 18.9 Å². The third-order valence-electron chi connectivity index (χ3n) is 6.08. The van der Waals surface area contributed by atoms with Gasteiger partial charge in [-0.05, 0) is 62.7 Å². The van der Waals surface area contributed by atoms with Crippen molar-refractivity contribution in [2.45, 2.75) is 52.7 Å². The Morgan fingerprint density at radius 1 is 1.13 bits per heavy atom. The molecule has 0 radical (unpaired) electrons. The fraction of sp³-hybridized carbons (Fsp3) is 0.423. The minimum absolute atomic E-state index is 0. The van der Waals surface area contributed by atoms with Crippen LogP contribution in [-0.4, -0.2) is 42.1 Å². The molecule has 4 heteroatoms. The van der Waals surface area contributed by atoms with Crippen molar-refractivity contribution in [2.75, 3.05) is 19.6 Å². The van der Waals surface area contributed by atoms with E-state index in [1.54, 1.807) is 0 Å². The Bertz CT molecular complexity index is 915. The molecule has 2 aromatic carbocycles. The average Bonchev–Trinajstić information content (AvgIpc) is 2.74. The van der Waals surface area contributed by atoms with Gasteiger partial charge in [0, 0.05) is 43.1 Å². The Morgan fingerprint density at radius 3 is 2.50 bits per heavy atom. The lowest BCUT2D eigenvalue weighted by Gasteiger charge is -2.42. The smallest absolute Gasteiger partial charge is 0.253 e.